The van der Waals surface area contributed by atoms with Crippen LogP contribution in [0.25, 0.3) is 49.4 Å². The highest BCUT2D eigenvalue weighted by Gasteiger charge is 2.48. The molecule has 0 amide bonds. The first kappa shape index (κ1) is 46.6. The van der Waals surface area contributed by atoms with E-state index < -0.39 is 0 Å². The Morgan fingerprint density at radius 1 is 0.444 bits per heavy atom. The number of fused-ring (bicyclic) bond motifs is 10. The molecule has 0 radical (unpaired) electrons. The van der Waals surface area contributed by atoms with Crippen molar-refractivity contribution in [2.45, 2.75) is 206 Å². The Morgan fingerprint density at radius 2 is 0.958 bits per heavy atom. The highest BCUT2D eigenvalue weighted by Crippen LogP contribution is 2.55. The molecule has 2 aromatic heterocycles. The molecule has 0 saturated carbocycles. The number of anilines is 3. The maximum atomic E-state index is 7.13. The van der Waals surface area contributed by atoms with Crippen LogP contribution >= 0.6 is 0 Å². The second-order valence-corrected chi connectivity index (χ2v) is 29.8. The summed E-state index contributed by atoms with van der Waals surface area (Å²) in [6.07, 6.45) is 7.05. The molecule has 3 nitrogen and oxygen atoms in total. The van der Waals surface area contributed by atoms with Crippen LogP contribution in [0.1, 0.15) is 208 Å². The number of rotatable bonds is 1. The van der Waals surface area contributed by atoms with Gasteiger partial charge in [-0.3, -0.25) is 0 Å². The van der Waals surface area contributed by atoms with Gasteiger partial charge in [-0.1, -0.05) is 149 Å². The monoisotopic (exact) mass is 951 g/mol. The van der Waals surface area contributed by atoms with Crippen molar-refractivity contribution in [3.63, 3.8) is 0 Å². The van der Waals surface area contributed by atoms with Crippen molar-refractivity contribution in [3.05, 3.63) is 123 Å². The van der Waals surface area contributed by atoms with E-state index in [4.69, 9.17) is 4.42 Å². The molecule has 0 unspecified atom stereocenters. The summed E-state index contributed by atoms with van der Waals surface area (Å²) < 4.78 is 9.92. The van der Waals surface area contributed by atoms with Crippen LogP contribution in [-0.4, -0.2) is 11.3 Å². The van der Waals surface area contributed by atoms with E-state index >= 15 is 0 Å². The fourth-order valence-corrected chi connectivity index (χ4v) is 15.1. The van der Waals surface area contributed by atoms with Crippen molar-refractivity contribution in [2.24, 2.45) is 0 Å². The number of furan rings is 1. The van der Waals surface area contributed by atoms with Gasteiger partial charge < -0.3 is 13.9 Å². The molecule has 3 aliphatic carbocycles. The average Bonchev–Trinajstić information content (AvgIpc) is 3.62. The topological polar surface area (TPSA) is 21.3 Å². The molecule has 8 aromatic rings. The standard InChI is InChI=1S/C68H79BN2O/c1-61(2,3)38-31-52-59-53(32-38)71-50-36-46-44(65(11,12)27-29-67(46,15)16)34-40(50)56-42(62(4,5)6)21-23-54-57(56)58-55(72-54)24-22-48(60(58)71)69(59)49-35-45-47(68(17,18)30-28-66(45,13)14)37-51(49)70(52)39-19-20-41-43(33-39)64(9,10)26-25-63(41,7)8/h19-24,31-37H,25-30H2,1-18H3. The fraction of sp³-hybridized carbons (Fsp3) is 0.471. The van der Waals surface area contributed by atoms with Crippen LogP contribution in [0.15, 0.2) is 83.3 Å². The van der Waals surface area contributed by atoms with Crippen LogP contribution in [0.4, 0.5) is 17.1 Å². The second kappa shape index (κ2) is 13.9. The Hall–Kier alpha value is -5.22. The summed E-state index contributed by atoms with van der Waals surface area (Å²) in [7, 11) is 0. The van der Waals surface area contributed by atoms with Gasteiger partial charge in [-0.05, 0) is 203 Å². The molecule has 370 valence electrons. The van der Waals surface area contributed by atoms with E-state index in [-0.39, 0.29) is 50.0 Å². The Bertz CT molecular complexity index is 3730. The van der Waals surface area contributed by atoms with Gasteiger partial charge in [0.05, 0.1) is 16.4 Å². The third-order valence-electron chi connectivity index (χ3n) is 20.0. The smallest absolute Gasteiger partial charge is 0.252 e. The molecule has 6 aromatic carbocycles. The van der Waals surface area contributed by atoms with Crippen molar-refractivity contribution in [3.8, 4) is 5.69 Å². The SMILES string of the molecule is CC(C)(C)c1cc2c3c(c1)-n1c4cc5c(cc4c4c(C(C)(C)C)ccc6oc7ccc(c1c7c64)B3c1cc3c(cc1N2c1ccc2c(c1)C(C)(C)CCC2(C)C)C(C)(C)CCC3(C)C)C(C)(C)CCC5(C)C. The van der Waals surface area contributed by atoms with Crippen molar-refractivity contribution < 1.29 is 4.42 Å². The molecular weight excluding hydrogens is 872 g/mol. The first-order chi connectivity index (χ1) is 33.4. The minimum Gasteiger partial charge on any atom is -0.456 e. The Balaban J connectivity index is 1.28. The van der Waals surface area contributed by atoms with E-state index in [1.165, 1.54) is 148 Å². The molecule has 0 fully saturated rings. The van der Waals surface area contributed by atoms with Gasteiger partial charge >= 0.3 is 0 Å². The summed E-state index contributed by atoms with van der Waals surface area (Å²) in [5.41, 5.74) is 25.8. The summed E-state index contributed by atoms with van der Waals surface area (Å²) in [4.78, 5) is 2.75. The van der Waals surface area contributed by atoms with Crippen molar-refractivity contribution in [1.82, 2.24) is 4.57 Å². The number of aromatic nitrogens is 1. The van der Waals surface area contributed by atoms with Crippen LogP contribution < -0.4 is 21.3 Å². The average molecular weight is 951 g/mol. The highest BCUT2D eigenvalue weighted by atomic mass is 16.3. The van der Waals surface area contributed by atoms with Crippen molar-refractivity contribution in [1.29, 1.82) is 0 Å². The van der Waals surface area contributed by atoms with Crippen molar-refractivity contribution >= 4 is 83.9 Å². The van der Waals surface area contributed by atoms with Gasteiger partial charge in [0.2, 0.25) is 0 Å². The molecule has 0 bridgehead atoms. The van der Waals surface area contributed by atoms with E-state index in [9.17, 15) is 0 Å². The largest absolute Gasteiger partial charge is 0.456 e. The summed E-state index contributed by atoms with van der Waals surface area (Å²) in [5.74, 6) is 0. The maximum absolute atomic E-state index is 7.13. The third kappa shape index (κ3) is 6.16. The van der Waals surface area contributed by atoms with Crippen LogP contribution in [0, 0.1) is 0 Å². The van der Waals surface area contributed by atoms with Crippen molar-refractivity contribution in [2.75, 3.05) is 4.90 Å². The fourth-order valence-electron chi connectivity index (χ4n) is 15.1. The molecule has 0 atom stereocenters. The quantitative estimate of drug-likeness (QED) is 0.153. The minimum absolute atomic E-state index is 0.00110. The van der Waals surface area contributed by atoms with Gasteiger partial charge in [-0.15, -0.1) is 0 Å². The predicted octanol–water partition coefficient (Wildman–Crippen LogP) is 16.9. The van der Waals surface area contributed by atoms with Gasteiger partial charge in [0.1, 0.15) is 11.2 Å². The zero-order valence-corrected chi connectivity index (χ0v) is 47.1. The van der Waals surface area contributed by atoms with Gasteiger partial charge in [-0.2, -0.15) is 0 Å². The molecule has 4 heteroatoms. The summed E-state index contributed by atoms with van der Waals surface area (Å²) in [5, 5.41) is 5.21. The van der Waals surface area contributed by atoms with Crippen LogP contribution in [-0.2, 0) is 43.3 Å². The molecule has 0 saturated heterocycles. The Labute approximate surface area is 431 Å². The normalized spacial score (nSPS) is 20.6. The molecule has 72 heavy (non-hydrogen) atoms. The molecule has 2 aliphatic heterocycles. The van der Waals surface area contributed by atoms with E-state index in [1.807, 2.05) is 0 Å². The van der Waals surface area contributed by atoms with Gasteiger partial charge in [0.25, 0.3) is 6.71 Å². The van der Waals surface area contributed by atoms with Crippen LogP contribution in [0.3, 0.4) is 0 Å². The van der Waals surface area contributed by atoms with E-state index in [0.717, 1.165) is 17.6 Å². The van der Waals surface area contributed by atoms with Gasteiger partial charge in [-0.25, -0.2) is 0 Å². The summed E-state index contributed by atoms with van der Waals surface area (Å²) >= 11 is 0. The lowest BCUT2D eigenvalue weighted by atomic mass is 9.33. The zero-order valence-electron chi connectivity index (χ0n) is 47.1. The molecule has 0 N–H and O–H groups in total. The summed E-state index contributed by atoms with van der Waals surface area (Å²) in [6, 6.07) is 33.1. The molecule has 13 rings (SSSR count). The predicted molar refractivity (Wildman–Crippen MR) is 311 cm³/mol. The second-order valence-electron chi connectivity index (χ2n) is 29.8. The first-order valence-corrected chi connectivity index (χ1v) is 27.8. The molecular formula is C68H79BN2O. The van der Waals surface area contributed by atoms with E-state index in [0.29, 0.717) is 0 Å². The lowest BCUT2D eigenvalue weighted by Gasteiger charge is -2.47. The first-order valence-electron chi connectivity index (χ1n) is 27.8. The lowest BCUT2D eigenvalue weighted by Crippen LogP contribution is -2.61. The Morgan fingerprint density at radius 3 is 1.56 bits per heavy atom. The summed E-state index contributed by atoms with van der Waals surface area (Å²) in [6.45, 7) is 44.3. The minimum atomic E-state index is -0.134. The Kier molecular flexibility index (Phi) is 9.01. The lowest BCUT2D eigenvalue weighted by molar-refractivity contribution is 0.332. The number of benzene rings is 6. The molecule has 5 aliphatic rings. The molecule has 0 spiro atoms. The van der Waals surface area contributed by atoms with Crippen LogP contribution in [0.2, 0.25) is 0 Å². The van der Waals surface area contributed by atoms with Gasteiger partial charge in [0.15, 0.2) is 0 Å². The van der Waals surface area contributed by atoms with E-state index in [2.05, 4.69) is 213 Å². The number of hydrogen-bond acceptors (Lipinski definition) is 2. The van der Waals surface area contributed by atoms with Gasteiger partial charge in [0, 0.05) is 33.5 Å². The third-order valence-corrected chi connectivity index (χ3v) is 20.0. The number of nitrogens with zero attached hydrogens (tertiary/aromatic N) is 2. The number of hydrogen-bond donors (Lipinski definition) is 0. The van der Waals surface area contributed by atoms with Crippen LogP contribution in [0.5, 0.6) is 0 Å². The maximum Gasteiger partial charge on any atom is 0.252 e. The zero-order chi connectivity index (χ0) is 51.2. The molecule has 4 heterocycles. The highest BCUT2D eigenvalue weighted by molar-refractivity contribution is 7.00. The van der Waals surface area contributed by atoms with E-state index in [1.54, 1.807) is 0 Å².